The van der Waals surface area contributed by atoms with Gasteiger partial charge in [-0.1, -0.05) is 6.07 Å². The minimum Gasteiger partial charge on any atom is -0.497 e. The minimum absolute atomic E-state index is 0.0836. The Kier molecular flexibility index (Phi) is 4.96. The Morgan fingerprint density at radius 3 is 2.79 bits per heavy atom. The summed E-state index contributed by atoms with van der Waals surface area (Å²) in [6, 6.07) is 13.1. The first-order chi connectivity index (χ1) is 14.0. The second kappa shape index (κ2) is 7.57. The van der Waals surface area contributed by atoms with Gasteiger partial charge in [-0.3, -0.25) is 4.79 Å². The average Bonchev–Trinajstić information content (AvgIpc) is 2.74. The van der Waals surface area contributed by atoms with Gasteiger partial charge in [0.2, 0.25) is 0 Å². The molecule has 1 aliphatic rings. The van der Waals surface area contributed by atoms with Crippen LogP contribution < -0.4 is 19.4 Å². The second-order valence-electron chi connectivity index (χ2n) is 6.67. The zero-order valence-electron chi connectivity index (χ0n) is 15.7. The van der Waals surface area contributed by atoms with Gasteiger partial charge in [0.25, 0.3) is 6.23 Å². The van der Waals surface area contributed by atoms with Crippen molar-refractivity contribution in [3.63, 3.8) is 0 Å². The number of amides is 1. The fraction of sp³-hybridized carbons (Fsp3) is 0.238. The molecule has 29 heavy (non-hydrogen) atoms. The number of fused-ring (bicyclic) bond motifs is 1. The van der Waals surface area contributed by atoms with Crippen molar-refractivity contribution < 1.29 is 28.5 Å². The van der Waals surface area contributed by atoms with E-state index in [1.807, 2.05) is 0 Å². The SMILES string of the molecule is COc1cccc(OC2COCC[N+]2(C(=O)O)c2ccc3c(=O)ccoc3c2)c1. The largest absolute Gasteiger partial charge is 0.522 e. The first kappa shape index (κ1) is 19.0. The van der Waals surface area contributed by atoms with Crippen molar-refractivity contribution in [2.24, 2.45) is 0 Å². The van der Waals surface area contributed by atoms with Crippen molar-refractivity contribution in [3.8, 4) is 11.5 Å². The molecule has 4 rings (SSSR count). The van der Waals surface area contributed by atoms with Gasteiger partial charge in [0.15, 0.2) is 5.43 Å². The first-order valence-electron chi connectivity index (χ1n) is 9.06. The van der Waals surface area contributed by atoms with Crippen LogP contribution in [0.15, 0.2) is 64.0 Å². The molecule has 3 aromatic rings. The van der Waals surface area contributed by atoms with Crippen molar-refractivity contribution in [1.82, 2.24) is 4.48 Å². The Morgan fingerprint density at radius 2 is 2.00 bits per heavy atom. The molecule has 0 saturated carbocycles. The van der Waals surface area contributed by atoms with Gasteiger partial charge in [-0.15, -0.1) is 0 Å². The van der Waals surface area contributed by atoms with Gasteiger partial charge in [0, 0.05) is 24.3 Å². The Morgan fingerprint density at radius 1 is 1.17 bits per heavy atom. The third-order valence-corrected chi connectivity index (χ3v) is 5.10. The molecule has 1 aromatic heterocycles. The minimum atomic E-state index is -1.08. The van der Waals surface area contributed by atoms with E-state index in [9.17, 15) is 14.7 Å². The maximum Gasteiger partial charge on any atom is 0.522 e. The van der Waals surface area contributed by atoms with Gasteiger partial charge in [0.05, 0.1) is 25.4 Å². The van der Waals surface area contributed by atoms with Gasteiger partial charge in [-0.05, 0) is 18.2 Å². The molecule has 0 spiro atoms. The van der Waals surface area contributed by atoms with Crippen LogP contribution in [0.5, 0.6) is 11.5 Å². The standard InChI is InChI=1S/C21H19NO7/c1-26-15-3-2-4-16(12-15)29-20-13-27-10-8-22(20,21(24)25)14-5-6-17-18(23)7-9-28-19(17)11-14/h2-7,9,11-12,20H,8,10,13H2,1H3/p+1. The summed E-state index contributed by atoms with van der Waals surface area (Å²) in [4.78, 5) is 24.5. The van der Waals surface area contributed by atoms with Crippen LogP contribution in [0.2, 0.25) is 0 Å². The predicted octanol–water partition coefficient (Wildman–Crippen LogP) is 3.22. The van der Waals surface area contributed by atoms with E-state index < -0.39 is 16.8 Å². The fourth-order valence-corrected chi connectivity index (χ4v) is 3.56. The van der Waals surface area contributed by atoms with Gasteiger partial charge in [-0.2, -0.15) is 9.28 Å². The van der Waals surface area contributed by atoms with Crippen LogP contribution in [0.4, 0.5) is 10.5 Å². The highest BCUT2D eigenvalue weighted by molar-refractivity contribution is 5.86. The Labute approximate surface area is 166 Å². The van der Waals surface area contributed by atoms with Gasteiger partial charge in [-0.25, -0.2) is 0 Å². The number of benzene rings is 2. The Balaban J connectivity index is 1.80. The second-order valence-corrected chi connectivity index (χ2v) is 6.67. The number of hydrogen-bond donors (Lipinski definition) is 1. The van der Waals surface area contributed by atoms with Crippen molar-refractivity contribution in [1.29, 1.82) is 0 Å². The van der Waals surface area contributed by atoms with Crippen molar-refractivity contribution in [2.45, 2.75) is 6.23 Å². The summed E-state index contributed by atoms with van der Waals surface area (Å²) in [6.45, 7) is 0.494. The Hall–Kier alpha value is -3.36. The van der Waals surface area contributed by atoms with Crippen molar-refractivity contribution in [2.75, 3.05) is 26.9 Å². The molecule has 2 aromatic carbocycles. The van der Waals surface area contributed by atoms with Crippen molar-refractivity contribution >= 4 is 22.7 Å². The molecule has 2 atom stereocenters. The van der Waals surface area contributed by atoms with E-state index in [2.05, 4.69) is 0 Å². The third kappa shape index (κ3) is 3.32. The van der Waals surface area contributed by atoms with Gasteiger partial charge >= 0.3 is 6.09 Å². The normalized spacial score (nSPS) is 21.6. The maximum atomic E-state index is 12.5. The van der Waals surface area contributed by atoms with E-state index in [1.165, 1.54) is 12.3 Å². The molecule has 0 bridgehead atoms. The predicted molar refractivity (Wildman–Crippen MR) is 105 cm³/mol. The van der Waals surface area contributed by atoms with Crippen LogP contribution in [-0.2, 0) is 4.74 Å². The fourth-order valence-electron chi connectivity index (χ4n) is 3.56. The van der Waals surface area contributed by atoms with Gasteiger partial charge < -0.3 is 23.7 Å². The summed E-state index contributed by atoms with van der Waals surface area (Å²) in [5, 5.41) is 10.6. The third-order valence-electron chi connectivity index (χ3n) is 5.10. The molecular formula is C21H20NO7+. The van der Waals surface area contributed by atoms with E-state index in [4.69, 9.17) is 18.6 Å². The summed E-state index contributed by atoms with van der Waals surface area (Å²) in [5.41, 5.74) is 0.571. The molecule has 150 valence electrons. The monoisotopic (exact) mass is 398 g/mol. The zero-order chi connectivity index (χ0) is 20.4. The highest BCUT2D eigenvalue weighted by Gasteiger charge is 2.51. The lowest BCUT2D eigenvalue weighted by Crippen LogP contribution is -2.68. The van der Waals surface area contributed by atoms with Crippen LogP contribution in [-0.4, -0.2) is 44.3 Å². The molecular weight excluding hydrogens is 378 g/mol. The smallest absolute Gasteiger partial charge is 0.497 e. The van der Waals surface area contributed by atoms with Crippen LogP contribution >= 0.6 is 0 Å². The number of carboxylic acid groups (broad SMARTS) is 1. The molecule has 2 unspecified atom stereocenters. The lowest BCUT2D eigenvalue weighted by molar-refractivity contribution is -0.0736. The number of carbonyl (C=O) groups is 1. The van der Waals surface area contributed by atoms with Gasteiger partial charge in [0.1, 0.15) is 35.9 Å². The van der Waals surface area contributed by atoms with E-state index in [0.29, 0.717) is 28.2 Å². The highest BCUT2D eigenvalue weighted by Crippen LogP contribution is 2.33. The van der Waals surface area contributed by atoms with Crippen LogP contribution in [0.1, 0.15) is 0 Å². The van der Waals surface area contributed by atoms with Crippen LogP contribution in [0, 0.1) is 0 Å². The highest BCUT2D eigenvalue weighted by atomic mass is 16.6. The molecule has 1 N–H and O–H groups in total. The quantitative estimate of drug-likeness (QED) is 0.674. The lowest BCUT2D eigenvalue weighted by Gasteiger charge is -2.41. The lowest BCUT2D eigenvalue weighted by atomic mass is 10.1. The molecule has 1 amide bonds. The molecule has 8 nitrogen and oxygen atoms in total. The number of methoxy groups -OCH3 is 1. The number of nitrogens with zero attached hydrogens (tertiary/aromatic N) is 1. The first-order valence-corrected chi connectivity index (χ1v) is 9.06. The molecule has 0 radical (unpaired) electrons. The van der Waals surface area contributed by atoms with E-state index in [0.717, 1.165) is 0 Å². The molecule has 2 heterocycles. The van der Waals surface area contributed by atoms with Crippen molar-refractivity contribution in [3.05, 3.63) is 65.0 Å². The maximum absolute atomic E-state index is 12.5. The summed E-state index contributed by atoms with van der Waals surface area (Å²) < 4.78 is 21.7. The molecule has 1 aliphatic heterocycles. The Bertz CT molecular complexity index is 1110. The van der Waals surface area contributed by atoms with E-state index >= 15 is 0 Å². The zero-order valence-corrected chi connectivity index (χ0v) is 15.7. The summed E-state index contributed by atoms with van der Waals surface area (Å²) in [5.74, 6) is 1.07. The van der Waals surface area contributed by atoms with Crippen LogP contribution in [0.3, 0.4) is 0 Å². The topological polar surface area (TPSA) is 95.2 Å². The molecule has 1 fully saturated rings. The number of hydrogen-bond acceptors (Lipinski definition) is 6. The summed E-state index contributed by atoms with van der Waals surface area (Å²) >= 11 is 0. The molecule has 0 aliphatic carbocycles. The number of quaternary nitrogens is 1. The molecule has 1 saturated heterocycles. The summed E-state index contributed by atoms with van der Waals surface area (Å²) in [6.07, 6.45) is -0.636. The summed E-state index contributed by atoms with van der Waals surface area (Å²) in [7, 11) is 1.54. The number of morpholine rings is 1. The number of ether oxygens (including phenoxy) is 3. The van der Waals surface area contributed by atoms with E-state index in [-0.39, 0.29) is 25.2 Å². The van der Waals surface area contributed by atoms with E-state index in [1.54, 1.807) is 49.6 Å². The molecule has 8 heteroatoms. The average molecular weight is 398 g/mol. The van der Waals surface area contributed by atoms with Crippen LogP contribution in [0.25, 0.3) is 11.0 Å². The number of rotatable bonds is 4.